The lowest BCUT2D eigenvalue weighted by molar-refractivity contribution is 0.768. The van der Waals surface area contributed by atoms with Crippen molar-refractivity contribution in [3.63, 3.8) is 0 Å². The number of aryl methyl sites for hydroxylation is 1. The highest BCUT2D eigenvalue weighted by molar-refractivity contribution is 5.83. The van der Waals surface area contributed by atoms with Crippen LogP contribution < -0.4 is 0 Å². The maximum Gasteiger partial charge on any atom is 0.0859 e. The molecule has 1 aliphatic heterocycles. The van der Waals surface area contributed by atoms with Crippen molar-refractivity contribution < 1.29 is 0 Å². The minimum Gasteiger partial charge on any atom is -0.286 e. The molecular weight excluding hydrogens is 188 g/mol. The van der Waals surface area contributed by atoms with Gasteiger partial charge in [0.15, 0.2) is 0 Å². The Bertz CT molecular complexity index is 539. The smallest absolute Gasteiger partial charge is 0.0859 e. The van der Waals surface area contributed by atoms with Crippen LogP contribution in [0.3, 0.4) is 0 Å². The number of pyridine rings is 1. The molecule has 4 nitrogen and oxygen atoms in total. The van der Waals surface area contributed by atoms with Crippen molar-refractivity contribution in [1.82, 2.24) is 14.8 Å². The fourth-order valence-corrected chi connectivity index (χ4v) is 1.72. The fourth-order valence-electron chi connectivity index (χ4n) is 1.72. The standard InChI is InChI=1S/C11H10N4/c1-15-7-10(5-14-15)8-2-9-3-12-6-11(9)13-4-8/h2,4-7H,3H2,1H3. The number of nitrogens with zero attached hydrogens (tertiary/aromatic N) is 4. The first-order valence-corrected chi connectivity index (χ1v) is 4.81. The van der Waals surface area contributed by atoms with Crippen LogP contribution in [-0.4, -0.2) is 21.0 Å². The van der Waals surface area contributed by atoms with Gasteiger partial charge in [-0.2, -0.15) is 5.10 Å². The topological polar surface area (TPSA) is 43.1 Å². The number of fused-ring (bicyclic) bond motifs is 1. The van der Waals surface area contributed by atoms with Crippen LogP contribution in [-0.2, 0) is 13.6 Å². The van der Waals surface area contributed by atoms with Gasteiger partial charge in [-0.25, -0.2) is 0 Å². The van der Waals surface area contributed by atoms with Gasteiger partial charge in [-0.1, -0.05) is 0 Å². The predicted molar refractivity (Wildman–Crippen MR) is 57.7 cm³/mol. The zero-order valence-corrected chi connectivity index (χ0v) is 8.38. The van der Waals surface area contributed by atoms with Crippen LogP contribution in [0, 0.1) is 0 Å². The molecular formula is C11H10N4. The molecule has 2 aromatic heterocycles. The Morgan fingerprint density at radius 3 is 3.00 bits per heavy atom. The zero-order chi connectivity index (χ0) is 10.3. The maximum atomic E-state index is 4.36. The molecule has 0 saturated carbocycles. The van der Waals surface area contributed by atoms with E-state index >= 15 is 0 Å². The quantitative estimate of drug-likeness (QED) is 0.695. The van der Waals surface area contributed by atoms with Crippen LogP contribution in [0.4, 0.5) is 0 Å². The summed E-state index contributed by atoms with van der Waals surface area (Å²) in [5.74, 6) is 0. The van der Waals surface area contributed by atoms with Crippen LogP contribution in [0.25, 0.3) is 11.1 Å². The molecule has 0 fully saturated rings. The molecule has 0 radical (unpaired) electrons. The van der Waals surface area contributed by atoms with Crippen molar-refractivity contribution in [3.05, 3.63) is 35.9 Å². The van der Waals surface area contributed by atoms with Crippen LogP contribution in [0.2, 0.25) is 0 Å². The van der Waals surface area contributed by atoms with Crippen molar-refractivity contribution in [3.8, 4) is 11.1 Å². The largest absolute Gasteiger partial charge is 0.286 e. The highest BCUT2D eigenvalue weighted by Gasteiger charge is 2.09. The summed E-state index contributed by atoms with van der Waals surface area (Å²) in [5.41, 5.74) is 4.38. The summed E-state index contributed by atoms with van der Waals surface area (Å²) in [7, 11) is 1.91. The van der Waals surface area contributed by atoms with E-state index in [9.17, 15) is 0 Å². The summed E-state index contributed by atoms with van der Waals surface area (Å²) in [6.45, 7) is 0.746. The summed E-state index contributed by atoms with van der Waals surface area (Å²) in [5, 5.41) is 4.14. The second-order valence-corrected chi connectivity index (χ2v) is 3.64. The zero-order valence-electron chi connectivity index (χ0n) is 8.38. The highest BCUT2D eigenvalue weighted by atomic mass is 15.2. The SMILES string of the molecule is Cn1cc(-c2cnc3c(c2)CN=C3)cn1. The summed E-state index contributed by atoms with van der Waals surface area (Å²) in [4.78, 5) is 8.54. The lowest BCUT2D eigenvalue weighted by Crippen LogP contribution is -1.90. The fraction of sp³-hybridized carbons (Fsp3) is 0.182. The molecule has 74 valence electrons. The molecule has 15 heavy (non-hydrogen) atoms. The van der Waals surface area contributed by atoms with Gasteiger partial charge in [0.2, 0.25) is 0 Å². The average molecular weight is 198 g/mol. The number of aliphatic imine (C=N–C) groups is 1. The summed E-state index contributed by atoms with van der Waals surface area (Å²) in [6, 6.07) is 2.13. The molecule has 2 aromatic rings. The molecule has 0 bridgehead atoms. The van der Waals surface area contributed by atoms with Gasteiger partial charge in [0.1, 0.15) is 0 Å². The number of hydrogen-bond acceptors (Lipinski definition) is 3. The summed E-state index contributed by atoms with van der Waals surface area (Å²) >= 11 is 0. The minimum atomic E-state index is 0.746. The van der Waals surface area contributed by atoms with E-state index in [4.69, 9.17) is 0 Å². The molecule has 0 spiro atoms. The average Bonchev–Trinajstić information content (AvgIpc) is 2.84. The lowest BCUT2D eigenvalue weighted by atomic mass is 10.1. The molecule has 0 aliphatic carbocycles. The number of rotatable bonds is 1. The van der Waals surface area contributed by atoms with Gasteiger partial charge in [-0.3, -0.25) is 14.7 Å². The van der Waals surface area contributed by atoms with Gasteiger partial charge in [0.25, 0.3) is 0 Å². The Kier molecular flexibility index (Phi) is 1.68. The molecule has 1 aliphatic rings. The lowest BCUT2D eigenvalue weighted by Gasteiger charge is -2.00. The Balaban J connectivity index is 2.08. The van der Waals surface area contributed by atoms with Gasteiger partial charge in [0, 0.05) is 42.3 Å². The molecule has 0 saturated heterocycles. The second kappa shape index (κ2) is 3.02. The van der Waals surface area contributed by atoms with E-state index in [1.807, 2.05) is 31.9 Å². The monoisotopic (exact) mass is 198 g/mol. The van der Waals surface area contributed by atoms with Gasteiger partial charge in [-0.15, -0.1) is 0 Å². The Hall–Kier alpha value is -1.97. The van der Waals surface area contributed by atoms with Crippen LogP contribution >= 0.6 is 0 Å². The van der Waals surface area contributed by atoms with E-state index in [0.717, 1.165) is 23.4 Å². The first-order chi connectivity index (χ1) is 7.33. The van der Waals surface area contributed by atoms with E-state index in [-0.39, 0.29) is 0 Å². The third-order valence-electron chi connectivity index (χ3n) is 2.51. The third kappa shape index (κ3) is 1.34. The Morgan fingerprint density at radius 2 is 2.20 bits per heavy atom. The molecule has 0 amide bonds. The van der Waals surface area contributed by atoms with Gasteiger partial charge in [0.05, 0.1) is 18.4 Å². The van der Waals surface area contributed by atoms with Gasteiger partial charge < -0.3 is 0 Å². The first kappa shape index (κ1) is 8.35. The van der Waals surface area contributed by atoms with E-state index in [1.165, 1.54) is 5.56 Å². The third-order valence-corrected chi connectivity index (χ3v) is 2.51. The molecule has 0 N–H and O–H groups in total. The molecule has 0 aromatic carbocycles. The van der Waals surface area contributed by atoms with Gasteiger partial charge >= 0.3 is 0 Å². The molecule has 4 heteroatoms. The highest BCUT2D eigenvalue weighted by Crippen LogP contribution is 2.22. The number of hydrogen-bond donors (Lipinski definition) is 0. The molecule has 0 atom stereocenters. The van der Waals surface area contributed by atoms with Gasteiger partial charge in [-0.05, 0) is 6.07 Å². The minimum absolute atomic E-state index is 0.746. The van der Waals surface area contributed by atoms with E-state index < -0.39 is 0 Å². The molecule has 3 heterocycles. The first-order valence-electron chi connectivity index (χ1n) is 4.81. The van der Waals surface area contributed by atoms with E-state index in [1.54, 1.807) is 4.68 Å². The van der Waals surface area contributed by atoms with E-state index in [0.29, 0.717) is 0 Å². The summed E-state index contributed by atoms with van der Waals surface area (Å²) in [6.07, 6.45) is 7.52. The summed E-state index contributed by atoms with van der Waals surface area (Å²) < 4.78 is 1.79. The number of aromatic nitrogens is 3. The van der Waals surface area contributed by atoms with Crippen LogP contribution in [0.15, 0.2) is 29.6 Å². The molecule has 0 unspecified atom stereocenters. The maximum absolute atomic E-state index is 4.36. The van der Waals surface area contributed by atoms with Crippen molar-refractivity contribution in [2.75, 3.05) is 0 Å². The second-order valence-electron chi connectivity index (χ2n) is 3.64. The van der Waals surface area contributed by atoms with Crippen LogP contribution in [0.1, 0.15) is 11.3 Å². The van der Waals surface area contributed by atoms with Crippen molar-refractivity contribution in [1.29, 1.82) is 0 Å². The van der Waals surface area contributed by atoms with E-state index in [2.05, 4.69) is 21.1 Å². The van der Waals surface area contributed by atoms with Crippen LogP contribution in [0.5, 0.6) is 0 Å². The Morgan fingerprint density at radius 1 is 1.27 bits per heavy atom. The Labute approximate surface area is 87.3 Å². The van der Waals surface area contributed by atoms with Crippen molar-refractivity contribution in [2.24, 2.45) is 12.0 Å². The normalized spacial score (nSPS) is 13.1. The molecule has 3 rings (SSSR count). The van der Waals surface area contributed by atoms with Crippen molar-refractivity contribution in [2.45, 2.75) is 6.54 Å². The predicted octanol–water partition coefficient (Wildman–Crippen LogP) is 1.41. The van der Waals surface area contributed by atoms with Crippen molar-refractivity contribution >= 4 is 6.21 Å².